The number of halogens is 1. The first-order valence-corrected chi connectivity index (χ1v) is 9.85. The van der Waals surface area contributed by atoms with E-state index in [0.717, 1.165) is 11.1 Å². The van der Waals surface area contributed by atoms with E-state index >= 15 is 0 Å². The number of ether oxygens (including phenoxy) is 3. The zero-order chi connectivity index (χ0) is 21.7. The van der Waals surface area contributed by atoms with Gasteiger partial charge in [0.25, 0.3) is 5.91 Å². The fourth-order valence-corrected chi connectivity index (χ4v) is 3.32. The minimum absolute atomic E-state index is 0.258. The third-order valence-electron chi connectivity index (χ3n) is 4.66. The first kappa shape index (κ1) is 21.5. The molecule has 0 saturated carbocycles. The molecule has 158 valence electrons. The minimum Gasteiger partial charge on any atom is -0.493 e. The number of carbonyl (C=O) groups excluding carboxylic acids is 1. The summed E-state index contributed by atoms with van der Waals surface area (Å²) in [5.41, 5.74) is 2.62. The first-order chi connectivity index (χ1) is 14.5. The van der Waals surface area contributed by atoms with E-state index in [1.165, 1.54) is 6.20 Å². The van der Waals surface area contributed by atoms with E-state index in [1.807, 2.05) is 38.1 Å². The lowest BCUT2D eigenvalue weighted by atomic mass is 10.1. The average Bonchev–Trinajstić information content (AvgIpc) is 3.24. The number of amides is 1. The number of nitrogens with one attached hydrogen (secondary N) is 2. The molecular weight excluding hydrogens is 406 g/mol. The summed E-state index contributed by atoms with van der Waals surface area (Å²) in [6.07, 6.45) is 1.50. The Balaban J connectivity index is 1.81. The van der Waals surface area contributed by atoms with Crippen molar-refractivity contribution in [2.24, 2.45) is 0 Å². The summed E-state index contributed by atoms with van der Waals surface area (Å²) >= 11 is 6.29. The highest BCUT2D eigenvalue weighted by molar-refractivity contribution is 6.32. The van der Waals surface area contributed by atoms with Crippen molar-refractivity contribution >= 4 is 17.5 Å². The summed E-state index contributed by atoms with van der Waals surface area (Å²) in [7, 11) is 3.15. The van der Waals surface area contributed by atoms with E-state index in [-0.39, 0.29) is 11.9 Å². The standard InChI is InChI=1S/C22H24ClN3O4/c1-5-30-18-8-7-15(10-17(18)23)21-16(12-24-26-21)22(27)25-13(2)14-6-9-19(28-3)20(11-14)29-4/h6-13H,5H2,1-4H3,(H,24,26)(H,25,27)/t13-/m0/s1. The van der Waals surface area contributed by atoms with Gasteiger partial charge in [-0.25, -0.2) is 0 Å². The van der Waals surface area contributed by atoms with Crippen LogP contribution < -0.4 is 19.5 Å². The van der Waals surface area contributed by atoms with Gasteiger partial charge >= 0.3 is 0 Å². The Hall–Kier alpha value is -3.19. The van der Waals surface area contributed by atoms with Gasteiger partial charge in [-0.3, -0.25) is 9.89 Å². The van der Waals surface area contributed by atoms with Crippen LogP contribution in [0.4, 0.5) is 0 Å². The Labute approximate surface area is 180 Å². The molecule has 1 heterocycles. The van der Waals surface area contributed by atoms with Crippen molar-refractivity contribution in [2.45, 2.75) is 19.9 Å². The van der Waals surface area contributed by atoms with Crippen molar-refractivity contribution in [2.75, 3.05) is 20.8 Å². The molecule has 3 rings (SSSR count). The maximum Gasteiger partial charge on any atom is 0.255 e. The Morgan fingerprint density at radius 3 is 2.53 bits per heavy atom. The predicted octanol–water partition coefficient (Wildman–Crippen LogP) is 4.64. The largest absolute Gasteiger partial charge is 0.493 e. The number of aromatic nitrogens is 2. The Bertz CT molecular complexity index is 1030. The molecule has 0 radical (unpaired) electrons. The van der Waals surface area contributed by atoms with E-state index in [1.54, 1.807) is 26.4 Å². The Morgan fingerprint density at radius 1 is 1.13 bits per heavy atom. The van der Waals surface area contributed by atoms with Crippen molar-refractivity contribution in [1.82, 2.24) is 15.5 Å². The van der Waals surface area contributed by atoms with Gasteiger partial charge in [0.2, 0.25) is 0 Å². The Kier molecular flexibility index (Phi) is 6.84. The number of methoxy groups -OCH3 is 2. The topological polar surface area (TPSA) is 85.5 Å². The highest BCUT2D eigenvalue weighted by Crippen LogP contribution is 2.32. The number of H-pyrrole nitrogens is 1. The molecule has 0 spiro atoms. The summed E-state index contributed by atoms with van der Waals surface area (Å²) < 4.78 is 16.1. The lowest BCUT2D eigenvalue weighted by Gasteiger charge is -2.16. The van der Waals surface area contributed by atoms with Gasteiger partial charge in [-0.15, -0.1) is 0 Å². The van der Waals surface area contributed by atoms with Crippen LogP contribution in [0.2, 0.25) is 5.02 Å². The van der Waals surface area contributed by atoms with Crippen LogP contribution in [0.5, 0.6) is 17.2 Å². The zero-order valence-corrected chi connectivity index (χ0v) is 18.0. The molecule has 0 aliphatic rings. The summed E-state index contributed by atoms with van der Waals surface area (Å²) in [6, 6.07) is 10.6. The van der Waals surface area contributed by atoms with E-state index in [2.05, 4.69) is 15.5 Å². The van der Waals surface area contributed by atoms with Crippen molar-refractivity contribution < 1.29 is 19.0 Å². The molecule has 7 nitrogen and oxygen atoms in total. The number of rotatable bonds is 8. The van der Waals surface area contributed by atoms with Crippen LogP contribution in [-0.4, -0.2) is 36.9 Å². The maximum absolute atomic E-state index is 12.9. The lowest BCUT2D eigenvalue weighted by molar-refractivity contribution is 0.0940. The fraction of sp³-hybridized carbons (Fsp3) is 0.273. The predicted molar refractivity (Wildman–Crippen MR) is 116 cm³/mol. The van der Waals surface area contributed by atoms with Crippen LogP contribution in [-0.2, 0) is 0 Å². The summed E-state index contributed by atoms with van der Waals surface area (Å²) in [5, 5.41) is 10.4. The minimum atomic E-state index is -0.260. The van der Waals surface area contributed by atoms with Crippen LogP contribution in [0.15, 0.2) is 42.6 Å². The molecule has 0 aliphatic carbocycles. The summed E-state index contributed by atoms with van der Waals surface area (Å²) in [4.78, 5) is 12.9. The van der Waals surface area contributed by atoms with Crippen molar-refractivity contribution in [1.29, 1.82) is 0 Å². The number of carbonyl (C=O) groups is 1. The third-order valence-corrected chi connectivity index (χ3v) is 4.95. The summed E-state index contributed by atoms with van der Waals surface area (Å²) in [5.74, 6) is 1.56. The van der Waals surface area contributed by atoms with Gasteiger partial charge in [-0.05, 0) is 49.7 Å². The second-order valence-electron chi connectivity index (χ2n) is 6.55. The molecule has 0 saturated heterocycles. The van der Waals surface area contributed by atoms with E-state index in [9.17, 15) is 4.79 Å². The van der Waals surface area contributed by atoms with Gasteiger partial charge in [0.05, 0.1) is 49.3 Å². The van der Waals surface area contributed by atoms with E-state index < -0.39 is 0 Å². The van der Waals surface area contributed by atoms with Gasteiger partial charge in [-0.1, -0.05) is 17.7 Å². The van der Waals surface area contributed by atoms with Gasteiger partial charge in [0, 0.05) is 5.56 Å². The molecule has 0 fully saturated rings. The van der Waals surface area contributed by atoms with Gasteiger partial charge in [0.1, 0.15) is 5.75 Å². The number of hydrogen-bond acceptors (Lipinski definition) is 5. The van der Waals surface area contributed by atoms with Crippen molar-refractivity contribution in [3.8, 4) is 28.5 Å². The molecule has 30 heavy (non-hydrogen) atoms. The maximum atomic E-state index is 12.9. The van der Waals surface area contributed by atoms with Crippen LogP contribution in [0.3, 0.4) is 0 Å². The van der Waals surface area contributed by atoms with Crippen LogP contribution in [0.25, 0.3) is 11.3 Å². The molecule has 1 amide bonds. The summed E-state index contributed by atoms with van der Waals surface area (Å²) in [6.45, 7) is 4.30. The zero-order valence-electron chi connectivity index (χ0n) is 17.3. The number of nitrogens with zero attached hydrogens (tertiary/aromatic N) is 1. The molecule has 0 bridgehead atoms. The van der Waals surface area contributed by atoms with Crippen molar-refractivity contribution in [3.63, 3.8) is 0 Å². The highest BCUT2D eigenvalue weighted by atomic mass is 35.5. The first-order valence-electron chi connectivity index (χ1n) is 9.47. The molecule has 1 atom stereocenters. The van der Waals surface area contributed by atoms with Crippen LogP contribution in [0.1, 0.15) is 35.8 Å². The average molecular weight is 430 g/mol. The second kappa shape index (κ2) is 9.54. The lowest BCUT2D eigenvalue weighted by Crippen LogP contribution is -2.26. The van der Waals surface area contributed by atoms with Gasteiger partial charge in [-0.2, -0.15) is 5.10 Å². The molecule has 0 unspecified atom stereocenters. The molecule has 2 aromatic carbocycles. The van der Waals surface area contributed by atoms with Crippen LogP contribution in [0, 0.1) is 0 Å². The quantitative estimate of drug-likeness (QED) is 0.545. The Morgan fingerprint density at radius 2 is 1.87 bits per heavy atom. The highest BCUT2D eigenvalue weighted by Gasteiger charge is 2.19. The van der Waals surface area contributed by atoms with E-state index in [0.29, 0.717) is 40.1 Å². The number of benzene rings is 2. The monoisotopic (exact) mass is 429 g/mol. The van der Waals surface area contributed by atoms with Crippen LogP contribution >= 0.6 is 11.6 Å². The second-order valence-corrected chi connectivity index (χ2v) is 6.95. The van der Waals surface area contributed by atoms with Gasteiger partial charge < -0.3 is 19.5 Å². The molecule has 1 aromatic heterocycles. The molecule has 8 heteroatoms. The molecular formula is C22H24ClN3O4. The van der Waals surface area contributed by atoms with E-state index in [4.69, 9.17) is 25.8 Å². The molecule has 0 aliphatic heterocycles. The number of aromatic amines is 1. The normalized spacial score (nSPS) is 11.6. The smallest absolute Gasteiger partial charge is 0.255 e. The fourth-order valence-electron chi connectivity index (χ4n) is 3.09. The van der Waals surface area contributed by atoms with Gasteiger partial charge in [0.15, 0.2) is 11.5 Å². The number of hydrogen-bond donors (Lipinski definition) is 2. The third kappa shape index (κ3) is 4.52. The molecule has 3 aromatic rings. The SMILES string of the molecule is CCOc1ccc(-c2[nH]ncc2C(=O)N[C@@H](C)c2ccc(OC)c(OC)c2)cc1Cl. The van der Waals surface area contributed by atoms with Crippen molar-refractivity contribution in [3.05, 3.63) is 58.7 Å². The molecule has 2 N–H and O–H groups in total.